The van der Waals surface area contributed by atoms with Gasteiger partial charge >= 0.3 is 0 Å². The monoisotopic (exact) mass is 461 g/mol. The van der Waals surface area contributed by atoms with E-state index in [9.17, 15) is 9.90 Å². The molecule has 0 aliphatic carbocycles. The summed E-state index contributed by atoms with van der Waals surface area (Å²) in [6.45, 7) is 5.96. The molecule has 0 fully saturated rings. The maximum Gasteiger partial charge on any atom is 0.250 e. The molecule has 0 radical (unpaired) electrons. The van der Waals surface area contributed by atoms with E-state index in [1.165, 1.54) is 6.20 Å². The number of hydrogen-bond acceptors (Lipinski definition) is 6. The lowest BCUT2D eigenvalue weighted by Gasteiger charge is -2.25. The van der Waals surface area contributed by atoms with Crippen molar-refractivity contribution in [1.82, 2.24) is 9.88 Å². The summed E-state index contributed by atoms with van der Waals surface area (Å²) in [4.78, 5) is 17.4. The molecule has 0 saturated carbocycles. The van der Waals surface area contributed by atoms with Gasteiger partial charge in [0.05, 0.1) is 5.56 Å². The van der Waals surface area contributed by atoms with Gasteiger partial charge in [-0.1, -0.05) is 54.6 Å². The Hall–Kier alpha value is -3.68. The van der Waals surface area contributed by atoms with Crippen molar-refractivity contribution >= 4 is 5.91 Å². The molecule has 1 unspecified atom stereocenters. The number of carbonyl (C=O) groups excluding carboxylic acids is 1. The van der Waals surface area contributed by atoms with E-state index < -0.39 is 12.0 Å². The van der Waals surface area contributed by atoms with E-state index in [4.69, 9.17) is 15.2 Å². The number of allylic oxidation sites excluding steroid dienone is 1. The molecule has 34 heavy (non-hydrogen) atoms. The van der Waals surface area contributed by atoms with Crippen LogP contribution >= 0.6 is 0 Å². The lowest BCUT2D eigenvalue weighted by Crippen LogP contribution is -2.37. The highest BCUT2D eigenvalue weighted by molar-refractivity contribution is 5.92. The van der Waals surface area contributed by atoms with Crippen molar-refractivity contribution in [3.8, 4) is 11.6 Å². The van der Waals surface area contributed by atoms with Crippen LogP contribution in [0.4, 0.5) is 0 Å². The second-order valence-corrected chi connectivity index (χ2v) is 7.88. The minimum Gasteiger partial charge on any atom is -0.491 e. The van der Waals surface area contributed by atoms with Crippen LogP contribution in [0.5, 0.6) is 11.6 Å². The van der Waals surface area contributed by atoms with Crippen LogP contribution in [0.1, 0.15) is 21.5 Å². The Kier molecular flexibility index (Phi) is 9.64. The predicted molar refractivity (Wildman–Crippen MR) is 132 cm³/mol. The molecule has 7 heteroatoms. The lowest BCUT2D eigenvalue weighted by molar-refractivity contribution is 0.0600. The smallest absolute Gasteiger partial charge is 0.250 e. The summed E-state index contributed by atoms with van der Waals surface area (Å²) in [6, 6.07) is 21.0. The number of para-hydroxylation sites is 1. The Morgan fingerprint density at radius 1 is 1.09 bits per heavy atom. The van der Waals surface area contributed by atoms with Crippen LogP contribution in [-0.4, -0.2) is 53.3 Å². The molecule has 2 aromatic carbocycles. The van der Waals surface area contributed by atoms with Crippen molar-refractivity contribution < 1.29 is 19.4 Å². The van der Waals surface area contributed by atoms with E-state index in [0.717, 1.165) is 16.9 Å². The number of aromatic nitrogens is 1. The minimum absolute atomic E-state index is 0.177. The Morgan fingerprint density at radius 3 is 2.56 bits per heavy atom. The summed E-state index contributed by atoms with van der Waals surface area (Å²) in [5.41, 5.74) is 7.74. The largest absolute Gasteiger partial charge is 0.491 e. The van der Waals surface area contributed by atoms with E-state index >= 15 is 0 Å². The van der Waals surface area contributed by atoms with Crippen molar-refractivity contribution in [2.75, 3.05) is 26.3 Å². The number of rotatable bonds is 14. The quantitative estimate of drug-likeness (QED) is 0.358. The Balaban J connectivity index is 1.56. The number of pyridine rings is 1. The third kappa shape index (κ3) is 8.03. The van der Waals surface area contributed by atoms with Crippen molar-refractivity contribution in [1.29, 1.82) is 0 Å². The molecule has 0 aliphatic rings. The SMILES string of the molecule is C=CCc1ccccc1OCC(O)CN(CCOc1ccc(C(N)=O)cn1)Cc1ccccc1. The van der Waals surface area contributed by atoms with Gasteiger partial charge in [-0.05, 0) is 29.7 Å². The summed E-state index contributed by atoms with van der Waals surface area (Å²) in [6.07, 6.45) is 3.24. The molecule has 3 N–H and O–H groups in total. The van der Waals surface area contributed by atoms with Gasteiger partial charge in [0.15, 0.2) is 0 Å². The number of ether oxygens (including phenoxy) is 2. The fraction of sp³-hybridized carbons (Fsp3) is 0.259. The van der Waals surface area contributed by atoms with Gasteiger partial charge in [-0.25, -0.2) is 4.98 Å². The minimum atomic E-state index is -0.687. The highest BCUT2D eigenvalue weighted by Crippen LogP contribution is 2.19. The molecule has 7 nitrogen and oxygen atoms in total. The maximum atomic E-state index is 11.2. The van der Waals surface area contributed by atoms with E-state index in [2.05, 4.69) is 16.5 Å². The fourth-order valence-corrected chi connectivity index (χ4v) is 3.47. The summed E-state index contributed by atoms with van der Waals surface area (Å²) < 4.78 is 11.6. The molecular weight excluding hydrogens is 430 g/mol. The van der Waals surface area contributed by atoms with Crippen molar-refractivity contribution in [3.63, 3.8) is 0 Å². The van der Waals surface area contributed by atoms with E-state index in [1.54, 1.807) is 12.1 Å². The number of aliphatic hydroxyl groups excluding tert-OH is 1. The first kappa shape index (κ1) is 25.0. The normalized spacial score (nSPS) is 11.7. The first-order valence-corrected chi connectivity index (χ1v) is 11.2. The standard InChI is InChI=1S/C27H31N3O4/c1-2-8-22-11-6-7-12-25(22)34-20-24(31)19-30(18-21-9-4-3-5-10-21)15-16-33-26-14-13-23(17-29-26)27(28)32/h2-7,9-14,17,24,31H,1,8,15-16,18-20H2,(H2,28,32). The molecular formula is C27H31N3O4. The average Bonchev–Trinajstić information content (AvgIpc) is 2.84. The number of hydrogen-bond donors (Lipinski definition) is 2. The molecule has 1 atom stereocenters. The number of aliphatic hydroxyl groups is 1. The number of primary amides is 1. The van der Waals surface area contributed by atoms with Gasteiger partial charge in [0.1, 0.15) is 25.1 Å². The molecule has 0 spiro atoms. The first-order valence-electron chi connectivity index (χ1n) is 11.2. The van der Waals surface area contributed by atoms with E-state index in [0.29, 0.717) is 44.1 Å². The zero-order valence-corrected chi connectivity index (χ0v) is 19.2. The molecule has 1 heterocycles. The zero-order chi connectivity index (χ0) is 24.2. The number of amides is 1. The highest BCUT2D eigenvalue weighted by atomic mass is 16.5. The van der Waals surface area contributed by atoms with Gasteiger partial charge in [-0.2, -0.15) is 0 Å². The van der Waals surface area contributed by atoms with Gasteiger partial charge in [0.2, 0.25) is 11.8 Å². The van der Waals surface area contributed by atoms with Crippen LogP contribution in [-0.2, 0) is 13.0 Å². The van der Waals surface area contributed by atoms with Gasteiger partial charge in [-0.3, -0.25) is 9.69 Å². The highest BCUT2D eigenvalue weighted by Gasteiger charge is 2.15. The van der Waals surface area contributed by atoms with Crippen molar-refractivity contribution in [2.24, 2.45) is 5.73 Å². The zero-order valence-electron chi connectivity index (χ0n) is 19.2. The third-order valence-electron chi connectivity index (χ3n) is 5.16. The van der Waals surface area contributed by atoms with E-state index in [-0.39, 0.29) is 6.61 Å². The van der Waals surface area contributed by atoms with Crippen LogP contribution < -0.4 is 15.2 Å². The summed E-state index contributed by atoms with van der Waals surface area (Å²) >= 11 is 0. The van der Waals surface area contributed by atoms with Crippen LogP contribution in [0.15, 0.2) is 85.6 Å². The maximum absolute atomic E-state index is 11.2. The lowest BCUT2D eigenvalue weighted by atomic mass is 10.1. The predicted octanol–water partition coefficient (Wildman–Crippen LogP) is 3.23. The summed E-state index contributed by atoms with van der Waals surface area (Å²) in [5.74, 6) is 0.633. The Morgan fingerprint density at radius 2 is 1.85 bits per heavy atom. The van der Waals surface area contributed by atoms with Crippen molar-refractivity contribution in [3.05, 3.63) is 102 Å². The van der Waals surface area contributed by atoms with Crippen LogP contribution in [0.3, 0.4) is 0 Å². The Labute approximate surface area is 200 Å². The number of benzene rings is 2. The molecule has 3 rings (SSSR count). The summed E-state index contributed by atoms with van der Waals surface area (Å²) in [5, 5.41) is 10.7. The van der Waals surface area contributed by atoms with Gasteiger partial charge in [0.25, 0.3) is 0 Å². The molecule has 0 bridgehead atoms. The molecule has 178 valence electrons. The van der Waals surface area contributed by atoms with Gasteiger partial charge in [-0.15, -0.1) is 6.58 Å². The third-order valence-corrected chi connectivity index (χ3v) is 5.16. The molecule has 3 aromatic rings. The Bertz CT molecular complexity index is 1040. The fourth-order valence-electron chi connectivity index (χ4n) is 3.47. The van der Waals surface area contributed by atoms with Crippen molar-refractivity contribution in [2.45, 2.75) is 19.1 Å². The number of nitrogens with two attached hydrogens (primary N) is 1. The van der Waals surface area contributed by atoms with Gasteiger partial charge in [0, 0.05) is 31.9 Å². The first-order chi connectivity index (χ1) is 16.5. The molecule has 0 aliphatic heterocycles. The second kappa shape index (κ2) is 13.1. The van der Waals surface area contributed by atoms with Crippen LogP contribution in [0.2, 0.25) is 0 Å². The molecule has 1 aromatic heterocycles. The topological polar surface area (TPSA) is 97.9 Å². The molecule has 0 saturated heterocycles. The molecule has 1 amide bonds. The van der Waals surface area contributed by atoms with Crippen LogP contribution in [0, 0.1) is 0 Å². The van der Waals surface area contributed by atoms with E-state index in [1.807, 2.05) is 60.7 Å². The second-order valence-electron chi connectivity index (χ2n) is 7.88. The number of nitrogens with zero attached hydrogens (tertiary/aromatic N) is 2. The van der Waals surface area contributed by atoms with Gasteiger partial charge < -0.3 is 20.3 Å². The van der Waals surface area contributed by atoms with Crippen LogP contribution in [0.25, 0.3) is 0 Å². The average molecular weight is 462 g/mol. The number of carbonyl (C=O) groups is 1. The summed E-state index contributed by atoms with van der Waals surface area (Å²) in [7, 11) is 0.